The molecule has 1 aromatic carbocycles. The Bertz CT molecular complexity index is 638. The molecule has 1 heterocycles. The van der Waals surface area contributed by atoms with Crippen LogP contribution in [-0.2, 0) is 14.3 Å². The smallest absolute Gasteiger partial charge is 0.255 e. The largest absolute Gasteiger partial charge is 0.496 e. The van der Waals surface area contributed by atoms with Gasteiger partial charge in [-0.3, -0.25) is 9.59 Å². The fourth-order valence-electron chi connectivity index (χ4n) is 2.22. The van der Waals surface area contributed by atoms with E-state index >= 15 is 0 Å². The number of anilines is 1. The number of carbonyl (C=O) groups excluding carboxylic acids is 2. The Morgan fingerprint density at radius 1 is 1.29 bits per heavy atom. The standard InChI is InChI=1S/C16H21ClN2O5/c1-9(20)18-13-6-14(22-4)11(5-12(13)17)15(21)19-10-7-23-16(2,3)24-8-10/h5-6,10H,7-8H2,1-4H3,(H,18,20)(H,19,21). The van der Waals surface area contributed by atoms with Crippen LogP contribution in [0.5, 0.6) is 5.75 Å². The first-order valence-corrected chi connectivity index (χ1v) is 7.83. The molecule has 0 aliphatic carbocycles. The van der Waals surface area contributed by atoms with Crippen molar-refractivity contribution in [2.24, 2.45) is 0 Å². The average Bonchev–Trinajstić information content (AvgIpc) is 2.50. The summed E-state index contributed by atoms with van der Waals surface area (Å²) in [4.78, 5) is 23.7. The van der Waals surface area contributed by atoms with Crippen molar-refractivity contribution in [1.82, 2.24) is 5.32 Å². The maximum absolute atomic E-state index is 12.5. The van der Waals surface area contributed by atoms with Crippen LogP contribution in [0, 0.1) is 0 Å². The second kappa shape index (κ2) is 7.38. The Hall–Kier alpha value is -1.83. The molecule has 7 nitrogen and oxygen atoms in total. The van der Waals surface area contributed by atoms with Gasteiger partial charge in [0.05, 0.1) is 42.6 Å². The number of amides is 2. The first kappa shape index (κ1) is 18.5. The molecule has 0 atom stereocenters. The van der Waals surface area contributed by atoms with Gasteiger partial charge >= 0.3 is 0 Å². The fourth-order valence-corrected chi connectivity index (χ4v) is 2.43. The highest BCUT2D eigenvalue weighted by Crippen LogP contribution is 2.31. The summed E-state index contributed by atoms with van der Waals surface area (Å²) in [7, 11) is 1.44. The van der Waals surface area contributed by atoms with Crippen LogP contribution in [0.2, 0.25) is 5.02 Å². The molecule has 2 amide bonds. The zero-order valence-electron chi connectivity index (χ0n) is 14.1. The molecule has 0 aromatic heterocycles. The molecule has 0 saturated carbocycles. The Morgan fingerprint density at radius 2 is 1.92 bits per heavy atom. The first-order valence-electron chi connectivity index (χ1n) is 7.46. The van der Waals surface area contributed by atoms with Gasteiger partial charge in [0.25, 0.3) is 5.91 Å². The minimum atomic E-state index is -0.651. The van der Waals surface area contributed by atoms with Crippen LogP contribution < -0.4 is 15.4 Å². The van der Waals surface area contributed by atoms with Crippen molar-refractivity contribution in [3.05, 3.63) is 22.7 Å². The lowest BCUT2D eigenvalue weighted by Crippen LogP contribution is -2.50. The van der Waals surface area contributed by atoms with Gasteiger partial charge in [0, 0.05) is 13.0 Å². The van der Waals surface area contributed by atoms with E-state index in [-0.39, 0.29) is 28.4 Å². The maximum Gasteiger partial charge on any atom is 0.255 e. The molecule has 1 fully saturated rings. The lowest BCUT2D eigenvalue weighted by molar-refractivity contribution is -0.251. The van der Waals surface area contributed by atoms with Crippen LogP contribution >= 0.6 is 11.6 Å². The molecule has 1 aromatic rings. The van der Waals surface area contributed by atoms with Gasteiger partial charge in [-0.2, -0.15) is 0 Å². The third-order valence-corrected chi connectivity index (χ3v) is 3.76. The second-order valence-electron chi connectivity index (χ2n) is 5.91. The fraction of sp³-hybridized carbons (Fsp3) is 0.500. The summed E-state index contributed by atoms with van der Waals surface area (Å²) in [5, 5.41) is 5.65. The van der Waals surface area contributed by atoms with Crippen LogP contribution in [0.3, 0.4) is 0 Å². The molecule has 1 aliphatic rings. The molecule has 24 heavy (non-hydrogen) atoms. The van der Waals surface area contributed by atoms with Gasteiger partial charge in [-0.1, -0.05) is 11.6 Å². The molecule has 2 rings (SSSR count). The van der Waals surface area contributed by atoms with Crippen molar-refractivity contribution in [2.45, 2.75) is 32.6 Å². The molecule has 8 heteroatoms. The Morgan fingerprint density at radius 3 is 2.46 bits per heavy atom. The topological polar surface area (TPSA) is 85.9 Å². The molecule has 1 saturated heterocycles. The number of methoxy groups -OCH3 is 1. The van der Waals surface area contributed by atoms with Crippen LogP contribution in [0.15, 0.2) is 12.1 Å². The summed E-state index contributed by atoms with van der Waals surface area (Å²) in [5.74, 6) is -0.976. The van der Waals surface area contributed by atoms with E-state index in [0.29, 0.717) is 24.7 Å². The normalized spacial score (nSPS) is 17.2. The van der Waals surface area contributed by atoms with E-state index in [0.717, 1.165) is 0 Å². The Balaban J connectivity index is 2.14. The summed E-state index contributed by atoms with van der Waals surface area (Å²) in [6.45, 7) is 5.69. The predicted molar refractivity (Wildman–Crippen MR) is 89.5 cm³/mol. The van der Waals surface area contributed by atoms with Crippen molar-refractivity contribution < 1.29 is 23.8 Å². The molecular formula is C16H21ClN2O5. The summed E-state index contributed by atoms with van der Waals surface area (Å²) in [6, 6.07) is 2.69. The number of hydrogen-bond donors (Lipinski definition) is 2. The highest BCUT2D eigenvalue weighted by molar-refractivity contribution is 6.34. The number of ether oxygens (including phenoxy) is 3. The Kier molecular flexibility index (Phi) is 5.69. The van der Waals surface area contributed by atoms with Crippen molar-refractivity contribution in [1.29, 1.82) is 0 Å². The minimum Gasteiger partial charge on any atom is -0.496 e. The zero-order valence-corrected chi connectivity index (χ0v) is 14.8. The van der Waals surface area contributed by atoms with Gasteiger partial charge in [-0.25, -0.2) is 0 Å². The van der Waals surface area contributed by atoms with E-state index in [1.807, 2.05) is 13.8 Å². The van der Waals surface area contributed by atoms with Gasteiger partial charge in [0.15, 0.2) is 5.79 Å². The number of carbonyl (C=O) groups is 2. The molecule has 2 N–H and O–H groups in total. The molecule has 132 valence electrons. The monoisotopic (exact) mass is 356 g/mol. The first-order chi connectivity index (χ1) is 11.2. The van der Waals surface area contributed by atoms with E-state index in [1.54, 1.807) is 0 Å². The van der Waals surface area contributed by atoms with Gasteiger partial charge in [0.2, 0.25) is 5.91 Å². The summed E-state index contributed by atoms with van der Waals surface area (Å²) < 4.78 is 16.3. The predicted octanol–water partition coefficient (Wildman–Crippen LogP) is 2.19. The van der Waals surface area contributed by atoms with Crippen LogP contribution in [0.1, 0.15) is 31.1 Å². The van der Waals surface area contributed by atoms with Crippen LogP contribution in [0.4, 0.5) is 5.69 Å². The van der Waals surface area contributed by atoms with Crippen molar-refractivity contribution in [3.63, 3.8) is 0 Å². The lowest BCUT2D eigenvalue weighted by atomic mass is 10.1. The van der Waals surface area contributed by atoms with E-state index in [9.17, 15) is 9.59 Å². The zero-order chi connectivity index (χ0) is 17.9. The third kappa shape index (κ3) is 4.59. The highest BCUT2D eigenvalue weighted by atomic mass is 35.5. The van der Waals surface area contributed by atoms with Crippen LogP contribution in [0.25, 0.3) is 0 Å². The van der Waals surface area contributed by atoms with Crippen molar-refractivity contribution >= 4 is 29.1 Å². The number of nitrogens with one attached hydrogen (secondary N) is 2. The van der Waals surface area contributed by atoms with Gasteiger partial charge in [0.1, 0.15) is 5.75 Å². The molecule has 1 aliphatic heterocycles. The molecule has 0 radical (unpaired) electrons. The number of halogens is 1. The molecule has 0 bridgehead atoms. The lowest BCUT2D eigenvalue weighted by Gasteiger charge is -2.35. The van der Waals surface area contributed by atoms with E-state index in [2.05, 4.69) is 10.6 Å². The van der Waals surface area contributed by atoms with Crippen LogP contribution in [-0.4, -0.2) is 44.0 Å². The maximum atomic E-state index is 12.5. The quantitative estimate of drug-likeness (QED) is 0.863. The molecule has 0 spiro atoms. The summed E-state index contributed by atoms with van der Waals surface area (Å²) in [6.07, 6.45) is 0. The Labute approximate surface area is 145 Å². The summed E-state index contributed by atoms with van der Waals surface area (Å²) >= 11 is 6.13. The SMILES string of the molecule is COc1cc(NC(C)=O)c(Cl)cc1C(=O)NC1COC(C)(C)OC1. The van der Waals surface area contributed by atoms with E-state index < -0.39 is 5.79 Å². The highest BCUT2D eigenvalue weighted by Gasteiger charge is 2.29. The molecule has 0 unspecified atom stereocenters. The van der Waals surface area contributed by atoms with Gasteiger partial charge in [-0.15, -0.1) is 0 Å². The van der Waals surface area contributed by atoms with E-state index in [1.165, 1.54) is 26.2 Å². The summed E-state index contributed by atoms with van der Waals surface area (Å²) in [5.41, 5.74) is 0.644. The van der Waals surface area contributed by atoms with E-state index in [4.69, 9.17) is 25.8 Å². The third-order valence-electron chi connectivity index (χ3n) is 3.44. The number of rotatable bonds is 4. The number of benzene rings is 1. The average molecular weight is 357 g/mol. The van der Waals surface area contributed by atoms with Crippen molar-refractivity contribution in [3.8, 4) is 5.75 Å². The van der Waals surface area contributed by atoms with Crippen molar-refractivity contribution in [2.75, 3.05) is 25.6 Å². The number of hydrogen-bond acceptors (Lipinski definition) is 5. The minimum absolute atomic E-state index is 0.244. The molecular weight excluding hydrogens is 336 g/mol. The van der Waals surface area contributed by atoms with Gasteiger partial charge < -0.3 is 24.8 Å². The van der Waals surface area contributed by atoms with Gasteiger partial charge in [-0.05, 0) is 19.9 Å². The second-order valence-corrected chi connectivity index (χ2v) is 6.31.